The zero-order valence-electron chi connectivity index (χ0n) is 17.9. The molecule has 1 fully saturated rings. The Hall–Kier alpha value is -2.64. The average molecular weight is 443 g/mol. The van der Waals surface area contributed by atoms with Gasteiger partial charge in [0.2, 0.25) is 10.0 Å². The van der Waals surface area contributed by atoms with E-state index in [1.165, 1.54) is 6.08 Å². The van der Waals surface area contributed by atoms with E-state index in [0.717, 1.165) is 37.9 Å². The van der Waals surface area contributed by atoms with Crippen LogP contribution in [0, 0.1) is 0 Å². The minimum atomic E-state index is -3.44. The molecule has 0 bridgehead atoms. The van der Waals surface area contributed by atoms with Crippen LogP contribution in [0.25, 0.3) is 0 Å². The molecule has 2 aromatic carbocycles. The molecule has 1 N–H and O–H groups in total. The molecule has 1 heterocycles. The van der Waals surface area contributed by atoms with Crippen molar-refractivity contribution in [2.45, 2.75) is 43.9 Å². The molecule has 0 aromatic heterocycles. The molecule has 0 aliphatic carbocycles. The second-order valence-electron chi connectivity index (χ2n) is 7.56. The van der Waals surface area contributed by atoms with Crippen LogP contribution < -0.4 is 10.1 Å². The highest BCUT2D eigenvalue weighted by Crippen LogP contribution is 2.22. The summed E-state index contributed by atoms with van der Waals surface area (Å²) in [6.45, 7) is 3.95. The van der Waals surface area contributed by atoms with Gasteiger partial charge in [0.15, 0.2) is 5.78 Å². The SMILES string of the molecule is CCCCOc1ccc(C(=O)/C=C/Nc2ccc(S(=O)(=O)N3CCCCC3)cc2)cc1. The quantitative estimate of drug-likeness (QED) is 0.323. The van der Waals surface area contributed by atoms with Crippen molar-refractivity contribution in [1.29, 1.82) is 0 Å². The molecular weight excluding hydrogens is 412 g/mol. The fourth-order valence-corrected chi connectivity index (χ4v) is 4.85. The summed E-state index contributed by atoms with van der Waals surface area (Å²) < 4.78 is 32.5. The molecule has 0 spiro atoms. The van der Waals surface area contributed by atoms with E-state index in [0.29, 0.717) is 35.8 Å². The lowest BCUT2D eigenvalue weighted by Crippen LogP contribution is -2.35. The number of nitrogens with zero attached hydrogens (tertiary/aromatic N) is 1. The summed E-state index contributed by atoms with van der Waals surface area (Å²) in [6, 6.07) is 13.7. The van der Waals surface area contributed by atoms with E-state index in [9.17, 15) is 13.2 Å². The van der Waals surface area contributed by atoms with Crippen LogP contribution in [0.3, 0.4) is 0 Å². The van der Waals surface area contributed by atoms with Gasteiger partial charge in [-0.2, -0.15) is 4.31 Å². The van der Waals surface area contributed by atoms with Gasteiger partial charge >= 0.3 is 0 Å². The molecule has 2 aromatic rings. The number of unbranched alkanes of at least 4 members (excludes halogenated alkanes) is 1. The Kier molecular flexibility index (Phi) is 8.26. The van der Waals surface area contributed by atoms with Crippen LogP contribution in [0.4, 0.5) is 5.69 Å². The van der Waals surface area contributed by atoms with E-state index < -0.39 is 10.0 Å². The highest BCUT2D eigenvalue weighted by atomic mass is 32.2. The first-order chi connectivity index (χ1) is 15.0. The van der Waals surface area contributed by atoms with Crippen molar-refractivity contribution in [3.8, 4) is 5.75 Å². The first kappa shape index (κ1) is 23.0. The van der Waals surface area contributed by atoms with Gasteiger partial charge in [-0.3, -0.25) is 4.79 Å². The Morgan fingerprint density at radius 2 is 1.71 bits per heavy atom. The normalized spacial score (nSPS) is 15.1. The molecule has 0 saturated carbocycles. The van der Waals surface area contributed by atoms with Crippen LogP contribution in [-0.2, 0) is 10.0 Å². The van der Waals surface area contributed by atoms with Gasteiger partial charge in [-0.15, -0.1) is 0 Å². The molecule has 1 saturated heterocycles. The zero-order chi connectivity index (χ0) is 22.1. The molecule has 31 heavy (non-hydrogen) atoms. The first-order valence-corrected chi connectivity index (χ1v) is 12.2. The van der Waals surface area contributed by atoms with Crippen molar-refractivity contribution in [2.75, 3.05) is 25.0 Å². The second-order valence-corrected chi connectivity index (χ2v) is 9.50. The number of nitrogens with one attached hydrogen (secondary N) is 1. The van der Waals surface area contributed by atoms with Gasteiger partial charge in [0.25, 0.3) is 0 Å². The van der Waals surface area contributed by atoms with Crippen LogP contribution >= 0.6 is 0 Å². The van der Waals surface area contributed by atoms with Gasteiger partial charge in [-0.1, -0.05) is 19.8 Å². The molecular formula is C24H30N2O4S. The lowest BCUT2D eigenvalue weighted by atomic mass is 10.1. The first-order valence-electron chi connectivity index (χ1n) is 10.8. The van der Waals surface area contributed by atoms with Gasteiger partial charge < -0.3 is 10.1 Å². The van der Waals surface area contributed by atoms with Crippen molar-refractivity contribution < 1.29 is 17.9 Å². The topological polar surface area (TPSA) is 75.7 Å². The highest BCUT2D eigenvalue weighted by Gasteiger charge is 2.25. The summed E-state index contributed by atoms with van der Waals surface area (Å²) in [5, 5.41) is 3.01. The standard InChI is InChI=1S/C24H30N2O4S/c1-2-3-19-30-22-11-7-20(8-12-22)24(27)15-16-25-21-9-13-23(14-10-21)31(28,29)26-17-5-4-6-18-26/h7-16,25H,2-6,17-19H2,1H3/b16-15+. The number of ketones is 1. The number of hydrogen-bond acceptors (Lipinski definition) is 5. The predicted molar refractivity (Wildman–Crippen MR) is 123 cm³/mol. The van der Waals surface area contributed by atoms with Crippen LogP contribution in [0.5, 0.6) is 5.75 Å². The van der Waals surface area contributed by atoms with Crippen molar-refractivity contribution in [3.63, 3.8) is 0 Å². The Bertz CT molecular complexity index is 977. The molecule has 166 valence electrons. The Morgan fingerprint density at radius 3 is 2.35 bits per heavy atom. The average Bonchev–Trinajstić information content (AvgIpc) is 2.80. The fraction of sp³-hybridized carbons (Fsp3) is 0.375. The maximum atomic E-state index is 12.7. The van der Waals surface area contributed by atoms with Gasteiger partial charge in [0, 0.05) is 36.6 Å². The molecule has 0 amide bonds. The van der Waals surface area contributed by atoms with Crippen molar-refractivity contribution in [1.82, 2.24) is 4.31 Å². The largest absolute Gasteiger partial charge is 0.494 e. The summed E-state index contributed by atoms with van der Waals surface area (Å²) in [5.41, 5.74) is 1.28. The molecule has 0 atom stereocenters. The van der Waals surface area contributed by atoms with Crippen LogP contribution in [0.1, 0.15) is 49.4 Å². The number of hydrogen-bond donors (Lipinski definition) is 1. The van der Waals surface area contributed by atoms with Crippen LogP contribution in [0.15, 0.2) is 65.7 Å². The minimum Gasteiger partial charge on any atom is -0.494 e. The van der Waals surface area contributed by atoms with E-state index in [1.807, 2.05) is 0 Å². The third-order valence-corrected chi connectivity index (χ3v) is 7.11. The Labute approximate surface area is 185 Å². The molecule has 3 rings (SSSR count). The number of benzene rings is 2. The monoisotopic (exact) mass is 442 g/mol. The van der Waals surface area contributed by atoms with E-state index in [4.69, 9.17) is 4.74 Å². The third-order valence-electron chi connectivity index (χ3n) is 5.20. The maximum Gasteiger partial charge on any atom is 0.243 e. The Balaban J connectivity index is 1.54. The fourth-order valence-electron chi connectivity index (χ4n) is 3.34. The summed E-state index contributed by atoms with van der Waals surface area (Å²) >= 11 is 0. The number of rotatable bonds is 10. The number of carbonyl (C=O) groups excluding carboxylic acids is 1. The van der Waals surface area contributed by atoms with Crippen molar-refractivity contribution in [2.24, 2.45) is 0 Å². The number of carbonyl (C=O) groups is 1. The van der Waals surface area contributed by atoms with Gasteiger partial charge in [-0.05, 0) is 67.8 Å². The van der Waals surface area contributed by atoms with Crippen molar-refractivity contribution >= 4 is 21.5 Å². The van der Waals surface area contributed by atoms with Crippen LogP contribution in [0.2, 0.25) is 0 Å². The van der Waals surface area contributed by atoms with Crippen molar-refractivity contribution in [3.05, 3.63) is 66.4 Å². The number of piperidine rings is 1. The van der Waals surface area contributed by atoms with Crippen LogP contribution in [-0.4, -0.2) is 38.2 Å². The predicted octanol–water partition coefficient (Wildman–Crippen LogP) is 4.85. The van der Waals surface area contributed by atoms with Gasteiger partial charge in [0.1, 0.15) is 5.75 Å². The summed E-state index contributed by atoms with van der Waals surface area (Å²) in [6.07, 6.45) is 7.98. The number of allylic oxidation sites excluding steroid dienone is 1. The lowest BCUT2D eigenvalue weighted by Gasteiger charge is -2.25. The summed E-state index contributed by atoms with van der Waals surface area (Å²) in [7, 11) is -3.44. The van der Waals surface area contributed by atoms with E-state index >= 15 is 0 Å². The number of ether oxygens (including phenoxy) is 1. The molecule has 7 heteroatoms. The molecule has 0 unspecified atom stereocenters. The lowest BCUT2D eigenvalue weighted by molar-refractivity contribution is 0.104. The summed E-state index contributed by atoms with van der Waals surface area (Å²) in [4.78, 5) is 12.6. The Morgan fingerprint density at radius 1 is 1.03 bits per heavy atom. The molecule has 6 nitrogen and oxygen atoms in total. The molecule has 0 radical (unpaired) electrons. The van der Waals surface area contributed by atoms with Gasteiger partial charge in [0.05, 0.1) is 11.5 Å². The highest BCUT2D eigenvalue weighted by molar-refractivity contribution is 7.89. The second kappa shape index (κ2) is 11.1. The van der Waals surface area contributed by atoms with E-state index in [2.05, 4.69) is 12.2 Å². The van der Waals surface area contributed by atoms with E-state index in [1.54, 1.807) is 59.0 Å². The maximum absolute atomic E-state index is 12.7. The van der Waals surface area contributed by atoms with Gasteiger partial charge in [-0.25, -0.2) is 8.42 Å². The number of sulfonamides is 1. The third kappa shape index (κ3) is 6.42. The molecule has 1 aliphatic rings. The number of anilines is 1. The van der Waals surface area contributed by atoms with E-state index in [-0.39, 0.29) is 5.78 Å². The minimum absolute atomic E-state index is 0.128. The zero-order valence-corrected chi connectivity index (χ0v) is 18.7. The summed E-state index contributed by atoms with van der Waals surface area (Å²) in [5.74, 6) is 0.628. The molecule has 1 aliphatic heterocycles. The smallest absolute Gasteiger partial charge is 0.243 e.